The van der Waals surface area contributed by atoms with E-state index in [2.05, 4.69) is 57.2 Å². The molecule has 0 fully saturated rings. The fourth-order valence-electron chi connectivity index (χ4n) is 6.19. The largest absolute Gasteiger partial charge is 0.472 e. The minimum absolute atomic E-state index is 0.108. The Morgan fingerprint density at radius 3 is 1.30 bits per heavy atom. The highest BCUT2D eigenvalue weighted by Crippen LogP contribution is 2.43. The van der Waals surface area contributed by atoms with Crippen LogP contribution in [0.2, 0.25) is 0 Å². The van der Waals surface area contributed by atoms with Gasteiger partial charge in [-0.25, -0.2) is 4.57 Å². The van der Waals surface area contributed by atoms with Crippen molar-refractivity contribution in [3.05, 3.63) is 48.6 Å². The zero-order valence-electron chi connectivity index (χ0n) is 37.9. The summed E-state index contributed by atoms with van der Waals surface area (Å²) < 4.78 is 39.0. The number of carbonyl (C=O) groups excluding carboxylic acids is 3. The van der Waals surface area contributed by atoms with E-state index in [0.717, 1.165) is 64.2 Å². The van der Waals surface area contributed by atoms with Gasteiger partial charge >= 0.3 is 25.7 Å². The zero-order valence-corrected chi connectivity index (χ0v) is 38.8. The van der Waals surface area contributed by atoms with Crippen LogP contribution in [0.5, 0.6) is 0 Å². The van der Waals surface area contributed by atoms with Gasteiger partial charge in [-0.05, 0) is 44.9 Å². The first-order valence-corrected chi connectivity index (χ1v) is 25.0. The summed E-state index contributed by atoms with van der Waals surface area (Å²) in [6, 6.07) is 0. The van der Waals surface area contributed by atoms with Gasteiger partial charge in [0.05, 0.1) is 19.8 Å². The normalized spacial score (nSPS) is 14.0. The molecule has 2 N–H and O–H groups in total. The molecular formula is C48H85O11P. The summed E-state index contributed by atoms with van der Waals surface area (Å²) in [5.74, 6) is -1.56. The fourth-order valence-corrected chi connectivity index (χ4v) is 6.98. The molecule has 12 heteroatoms. The Morgan fingerprint density at radius 1 is 0.483 bits per heavy atom. The molecular weight excluding hydrogens is 783 g/mol. The van der Waals surface area contributed by atoms with Crippen LogP contribution in [0.3, 0.4) is 0 Å². The average molecular weight is 869 g/mol. The highest BCUT2D eigenvalue weighted by atomic mass is 31.2. The van der Waals surface area contributed by atoms with Gasteiger partial charge in [0.2, 0.25) is 0 Å². The number of hydrogen-bond acceptors (Lipinski definition) is 10. The smallest absolute Gasteiger partial charge is 0.462 e. The molecule has 0 saturated carbocycles. The van der Waals surface area contributed by atoms with Crippen molar-refractivity contribution in [2.75, 3.05) is 26.4 Å². The Kier molecular flexibility index (Phi) is 41.3. The first-order chi connectivity index (χ1) is 29.2. The Labute approximate surface area is 364 Å². The molecule has 0 spiro atoms. The van der Waals surface area contributed by atoms with Gasteiger partial charge < -0.3 is 24.2 Å². The van der Waals surface area contributed by atoms with E-state index in [1.165, 1.54) is 77.0 Å². The second kappa shape index (κ2) is 43.1. The molecule has 3 atom stereocenters. The summed E-state index contributed by atoms with van der Waals surface area (Å²) in [6.07, 6.45) is 41.2. The molecule has 0 bridgehead atoms. The van der Waals surface area contributed by atoms with E-state index in [1.807, 2.05) is 12.2 Å². The van der Waals surface area contributed by atoms with E-state index >= 15 is 0 Å². The van der Waals surface area contributed by atoms with E-state index in [0.29, 0.717) is 19.3 Å². The molecule has 0 radical (unpaired) electrons. The van der Waals surface area contributed by atoms with Crippen LogP contribution in [0.4, 0.5) is 0 Å². The number of esters is 3. The maximum absolute atomic E-state index is 12.8. The fraction of sp³-hybridized carbons (Fsp3) is 0.771. The van der Waals surface area contributed by atoms with Gasteiger partial charge in [0, 0.05) is 19.3 Å². The SMILES string of the molecule is CC/C=C\C/C=C\C/C=C\C/C=C\CCC(=O)OCC(COP(=O)(O)OCC(CO)OC(=O)CCCCCCCCCCC)OC(=O)CCCCCCCCCCCCC. The number of phosphoric ester groups is 1. The van der Waals surface area contributed by atoms with Gasteiger partial charge in [-0.3, -0.25) is 23.4 Å². The first-order valence-electron chi connectivity index (χ1n) is 23.5. The molecule has 0 aliphatic heterocycles. The molecule has 348 valence electrons. The van der Waals surface area contributed by atoms with Gasteiger partial charge in [-0.1, -0.05) is 185 Å². The lowest BCUT2D eigenvalue weighted by Crippen LogP contribution is -2.30. The zero-order chi connectivity index (χ0) is 44.2. The van der Waals surface area contributed by atoms with Gasteiger partial charge in [-0.15, -0.1) is 0 Å². The molecule has 0 rings (SSSR count). The average Bonchev–Trinajstić information content (AvgIpc) is 3.23. The summed E-state index contributed by atoms with van der Waals surface area (Å²) in [6.45, 7) is 4.39. The number of ether oxygens (including phenoxy) is 3. The van der Waals surface area contributed by atoms with Crippen LogP contribution in [0.15, 0.2) is 48.6 Å². The number of allylic oxidation sites excluding steroid dienone is 8. The Hall–Kier alpha value is -2.56. The second-order valence-electron chi connectivity index (χ2n) is 15.6. The van der Waals surface area contributed by atoms with Crippen molar-refractivity contribution < 1.29 is 52.2 Å². The maximum atomic E-state index is 12.8. The third-order valence-corrected chi connectivity index (χ3v) is 10.7. The van der Waals surface area contributed by atoms with E-state index in [1.54, 1.807) is 0 Å². The van der Waals surface area contributed by atoms with Crippen molar-refractivity contribution in [1.82, 2.24) is 0 Å². The highest BCUT2D eigenvalue weighted by Gasteiger charge is 2.28. The molecule has 0 aliphatic carbocycles. The maximum Gasteiger partial charge on any atom is 0.472 e. The number of carbonyl (C=O) groups is 3. The first kappa shape index (κ1) is 57.4. The van der Waals surface area contributed by atoms with Crippen LogP contribution in [0, 0.1) is 0 Å². The molecule has 3 unspecified atom stereocenters. The highest BCUT2D eigenvalue weighted by molar-refractivity contribution is 7.47. The second-order valence-corrected chi connectivity index (χ2v) is 17.0. The molecule has 0 aromatic carbocycles. The molecule has 0 amide bonds. The Bertz CT molecular complexity index is 1200. The van der Waals surface area contributed by atoms with E-state index < -0.39 is 57.8 Å². The van der Waals surface area contributed by atoms with Crippen LogP contribution < -0.4 is 0 Å². The topological polar surface area (TPSA) is 155 Å². The van der Waals surface area contributed by atoms with Crippen molar-refractivity contribution in [3.63, 3.8) is 0 Å². The standard InChI is InChI=1S/C48H85O11P/c1-4-7-10-13-16-19-21-22-24-26-28-31-34-37-46(50)55-41-45(59-48(52)39-36-33-30-27-23-20-17-14-11-8-5-2)43-57-60(53,54)56-42-44(40-49)58-47(51)38-35-32-29-25-18-15-12-9-6-3/h7,10,16,19,22,24,28,31,44-45,49H,4-6,8-9,11-15,17-18,20-21,23,25-27,29-30,32-43H2,1-3H3,(H,53,54)/b10-7-,19-16-,24-22-,31-28-. The van der Waals surface area contributed by atoms with Gasteiger partial charge in [-0.2, -0.15) is 0 Å². The number of unbranched alkanes of at least 4 members (excludes halogenated alkanes) is 18. The minimum Gasteiger partial charge on any atom is -0.462 e. The number of aliphatic hydroxyl groups is 1. The van der Waals surface area contributed by atoms with Crippen LogP contribution in [-0.2, 0) is 42.2 Å². The molecule has 0 aliphatic rings. The molecule has 0 heterocycles. The monoisotopic (exact) mass is 869 g/mol. The van der Waals surface area contributed by atoms with E-state index in [4.69, 9.17) is 23.3 Å². The molecule has 0 aromatic heterocycles. The van der Waals surface area contributed by atoms with Crippen LogP contribution in [-0.4, -0.2) is 66.5 Å². The quantitative estimate of drug-likeness (QED) is 0.0198. The number of rotatable bonds is 43. The van der Waals surface area contributed by atoms with Crippen LogP contribution in [0.25, 0.3) is 0 Å². The van der Waals surface area contributed by atoms with Crippen molar-refractivity contribution in [2.45, 2.75) is 213 Å². The van der Waals surface area contributed by atoms with Crippen molar-refractivity contribution in [3.8, 4) is 0 Å². The molecule has 0 saturated heterocycles. The predicted molar refractivity (Wildman–Crippen MR) is 242 cm³/mol. The van der Waals surface area contributed by atoms with Crippen molar-refractivity contribution >= 4 is 25.7 Å². The summed E-state index contributed by atoms with van der Waals surface area (Å²) in [5.41, 5.74) is 0. The van der Waals surface area contributed by atoms with Crippen molar-refractivity contribution in [1.29, 1.82) is 0 Å². The molecule has 0 aromatic rings. The molecule has 60 heavy (non-hydrogen) atoms. The van der Waals surface area contributed by atoms with Crippen LogP contribution >= 0.6 is 7.82 Å². The van der Waals surface area contributed by atoms with E-state index in [9.17, 15) is 28.9 Å². The lowest BCUT2D eigenvalue weighted by Gasteiger charge is -2.21. The summed E-state index contributed by atoms with van der Waals surface area (Å²) >= 11 is 0. The van der Waals surface area contributed by atoms with E-state index in [-0.39, 0.29) is 25.9 Å². The summed E-state index contributed by atoms with van der Waals surface area (Å²) in [5, 5.41) is 9.71. The summed E-state index contributed by atoms with van der Waals surface area (Å²) in [7, 11) is -4.74. The third kappa shape index (κ3) is 40.8. The number of hydrogen-bond donors (Lipinski definition) is 2. The number of phosphoric acid groups is 1. The van der Waals surface area contributed by atoms with Crippen molar-refractivity contribution in [2.24, 2.45) is 0 Å². The Balaban J connectivity index is 4.84. The number of aliphatic hydroxyl groups excluding tert-OH is 1. The van der Waals surface area contributed by atoms with Crippen LogP contribution in [0.1, 0.15) is 201 Å². The Morgan fingerprint density at radius 2 is 0.867 bits per heavy atom. The summed E-state index contributed by atoms with van der Waals surface area (Å²) in [4.78, 5) is 48.0. The lowest BCUT2D eigenvalue weighted by atomic mass is 10.1. The lowest BCUT2D eigenvalue weighted by molar-refractivity contribution is -0.161. The minimum atomic E-state index is -4.74. The van der Waals surface area contributed by atoms with Gasteiger partial charge in [0.1, 0.15) is 12.7 Å². The van der Waals surface area contributed by atoms with Gasteiger partial charge in [0.15, 0.2) is 6.10 Å². The van der Waals surface area contributed by atoms with Gasteiger partial charge in [0.25, 0.3) is 0 Å². The molecule has 11 nitrogen and oxygen atoms in total. The third-order valence-electron chi connectivity index (χ3n) is 9.78. The predicted octanol–water partition coefficient (Wildman–Crippen LogP) is 12.7.